The minimum atomic E-state index is -3.77. The number of carbonyl (C=O) groups is 1. The second kappa shape index (κ2) is 7.47. The molecule has 0 saturated heterocycles. The van der Waals surface area contributed by atoms with Gasteiger partial charge in [-0.05, 0) is 37.8 Å². The highest BCUT2D eigenvalue weighted by Gasteiger charge is 2.27. The van der Waals surface area contributed by atoms with E-state index in [4.69, 9.17) is 5.73 Å². The zero-order valence-corrected chi connectivity index (χ0v) is 14.7. The van der Waals surface area contributed by atoms with Crippen molar-refractivity contribution in [2.24, 2.45) is 5.73 Å². The third kappa shape index (κ3) is 4.15. The van der Waals surface area contributed by atoms with Crippen molar-refractivity contribution in [3.8, 4) is 0 Å². The van der Waals surface area contributed by atoms with Gasteiger partial charge in [0, 0.05) is 23.2 Å². The minimum absolute atomic E-state index is 0.0266. The van der Waals surface area contributed by atoms with Crippen molar-refractivity contribution in [2.45, 2.75) is 42.7 Å². The molecule has 1 aliphatic carbocycles. The summed E-state index contributed by atoms with van der Waals surface area (Å²) in [6.07, 6.45) is 3.04. The third-order valence-electron chi connectivity index (χ3n) is 4.55. The van der Waals surface area contributed by atoms with Gasteiger partial charge in [-0.25, -0.2) is 13.1 Å². The molecule has 0 unspecified atom stereocenters. The highest BCUT2D eigenvalue weighted by atomic mass is 32.2. The molecule has 3 rings (SSSR count). The van der Waals surface area contributed by atoms with Gasteiger partial charge in [0.25, 0.3) is 0 Å². The van der Waals surface area contributed by atoms with Crippen molar-refractivity contribution in [3.63, 3.8) is 0 Å². The Morgan fingerprint density at radius 3 is 2.20 bits per heavy atom. The molecule has 2 aromatic carbocycles. The number of sulfonamides is 1. The van der Waals surface area contributed by atoms with Crippen LogP contribution in [0.15, 0.2) is 59.5 Å². The summed E-state index contributed by atoms with van der Waals surface area (Å²) in [5.74, 6) is -0.299. The van der Waals surface area contributed by atoms with Gasteiger partial charge < -0.3 is 5.73 Å². The standard InChI is InChI=1S/C19H22N2O3S/c20-15-10-12-16(13-11-15)21-25(23,24)18-9-5-4-8-17(18)19(22)14-6-2-1-3-7-14/h1-9,15-16,21H,10-13,20H2. The number of rotatable bonds is 5. The van der Waals surface area contributed by atoms with Crippen LogP contribution in [0.2, 0.25) is 0 Å². The van der Waals surface area contributed by atoms with Gasteiger partial charge >= 0.3 is 0 Å². The molecule has 0 aromatic heterocycles. The number of nitrogens with two attached hydrogens (primary N) is 1. The van der Waals surface area contributed by atoms with Gasteiger partial charge in [-0.2, -0.15) is 0 Å². The van der Waals surface area contributed by atoms with Gasteiger partial charge in [-0.3, -0.25) is 4.79 Å². The zero-order chi connectivity index (χ0) is 17.9. The van der Waals surface area contributed by atoms with E-state index in [1.807, 2.05) is 6.07 Å². The first-order valence-electron chi connectivity index (χ1n) is 8.44. The largest absolute Gasteiger partial charge is 0.328 e. The number of hydrogen-bond acceptors (Lipinski definition) is 4. The molecule has 0 amide bonds. The van der Waals surface area contributed by atoms with Crippen LogP contribution in [0.25, 0.3) is 0 Å². The number of nitrogens with one attached hydrogen (secondary N) is 1. The summed E-state index contributed by atoms with van der Waals surface area (Å²) in [6.45, 7) is 0. The fourth-order valence-electron chi connectivity index (χ4n) is 3.15. The molecule has 2 aromatic rings. The van der Waals surface area contributed by atoms with E-state index in [1.54, 1.807) is 42.5 Å². The van der Waals surface area contributed by atoms with Gasteiger partial charge in [-0.1, -0.05) is 42.5 Å². The quantitative estimate of drug-likeness (QED) is 0.804. The SMILES string of the molecule is NC1CCC(NS(=O)(=O)c2ccccc2C(=O)c2ccccc2)CC1. The van der Waals surface area contributed by atoms with Crippen LogP contribution in [0.3, 0.4) is 0 Å². The summed E-state index contributed by atoms with van der Waals surface area (Å²) in [7, 11) is -3.77. The highest BCUT2D eigenvalue weighted by Crippen LogP contribution is 2.23. The summed E-state index contributed by atoms with van der Waals surface area (Å²) in [6, 6.07) is 15.0. The predicted molar refractivity (Wildman–Crippen MR) is 96.9 cm³/mol. The maximum atomic E-state index is 12.8. The van der Waals surface area contributed by atoms with E-state index < -0.39 is 10.0 Å². The first kappa shape index (κ1) is 17.8. The minimum Gasteiger partial charge on any atom is -0.328 e. The van der Waals surface area contributed by atoms with E-state index in [-0.39, 0.29) is 28.3 Å². The molecule has 0 bridgehead atoms. The summed E-state index contributed by atoms with van der Waals surface area (Å²) in [4.78, 5) is 12.8. The number of ketones is 1. The lowest BCUT2D eigenvalue weighted by Crippen LogP contribution is -2.40. The smallest absolute Gasteiger partial charge is 0.241 e. The molecule has 1 saturated carbocycles. The molecule has 0 heterocycles. The van der Waals surface area contributed by atoms with E-state index in [9.17, 15) is 13.2 Å². The van der Waals surface area contributed by atoms with Crippen molar-refractivity contribution < 1.29 is 13.2 Å². The average Bonchev–Trinajstić information content (AvgIpc) is 2.63. The molecule has 0 radical (unpaired) electrons. The molecule has 6 heteroatoms. The Balaban J connectivity index is 1.88. The monoisotopic (exact) mass is 358 g/mol. The zero-order valence-electron chi connectivity index (χ0n) is 13.9. The first-order chi connectivity index (χ1) is 12.0. The number of carbonyl (C=O) groups excluding carboxylic acids is 1. The van der Waals surface area contributed by atoms with Crippen LogP contribution >= 0.6 is 0 Å². The van der Waals surface area contributed by atoms with Crippen molar-refractivity contribution in [1.82, 2.24) is 4.72 Å². The van der Waals surface area contributed by atoms with Crippen molar-refractivity contribution in [3.05, 3.63) is 65.7 Å². The van der Waals surface area contributed by atoms with Crippen molar-refractivity contribution in [1.29, 1.82) is 0 Å². The molecule has 1 fully saturated rings. The Bertz CT molecular complexity index is 842. The second-order valence-corrected chi connectivity index (χ2v) is 8.11. The Labute approximate surface area is 148 Å². The van der Waals surface area contributed by atoms with E-state index in [1.165, 1.54) is 6.07 Å². The molecule has 3 N–H and O–H groups in total. The van der Waals surface area contributed by atoms with Crippen LogP contribution < -0.4 is 10.5 Å². The Morgan fingerprint density at radius 2 is 1.52 bits per heavy atom. The number of hydrogen-bond donors (Lipinski definition) is 2. The Morgan fingerprint density at radius 1 is 0.920 bits per heavy atom. The molecule has 1 aliphatic rings. The van der Waals surface area contributed by atoms with Crippen molar-refractivity contribution >= 4 is 15.8 Å². The fourth-order valence-corrected chi connectivity index (χ4v) is 4.66. The summed E-state index contributed by atoms with van der Waals surface area (Å²) in [5.41, 5.74) is 6.53. The molecular formula is C19H22N2O3S. The lowest BCUT2D eigenvalue weighted by Gasteiger charge is -2.26. The van der Waals surface area contributed by atoms with Crippen molar-refractivity contribution in [2.75, 3.05) is 0 Å². The van der Waals surface area contributed by atoms with E-state index in [0.717, 1.165) is 25.7 Å². The summed E-state index contributed by atoms with van der Waals surface area (Å²) >= 11 is 0. The topological polar surface area (TPSA) is 89.3 Å². The lowest BCUT2D eigenvalue weighted by atomic mass is 9.93. The van der Waals surface area contributed by atoms with Gasteiger partial charge in [0.2, 0.25) is 10.0 Å². The van der Waals surface area contributed by atoms with E-state index in [0.29, 0.717) is 5.56 Å². The summed E-state index contributed by atoms with van der Waals surface area (Å²) < 4.78 is 28.4. The molecule has 25 heavy (non-hydrogen) atoms. The van der Waals surface area contributed by atoms with Crippen LogP contribution in [0.5, 0.6) is 0 Å². The second-order valence-electron chi connectivity index (χ2n) is 6.42. The fraction of sp³-hybridized carbons (Fsp3) is 0.316. The Kier molecular flexibility index (Phi) is 5.32. The normalized spacial score (nSPS) is 21.0. The van der Waals surface area contributed by atoms with Crippen LogP contribution in [0.1, 0.15) is 41.6 Å². The maximum Gasteiger partial charge on any atom is 0.241 e. The maximum absolute atomic E-state index is 12.8. The van der Waals surface area contributed by atoms with Crippen LogP contribution in [0, 0.1) is 0 Å². The van der Waals surface area contributed by atoms with Gasteiger partial charge in [0.1, 0.15) is 0 Å². The van der Waals surface area contributed by atoms with Gasteiger partial charge in [-0.15, -0.1) is 0 Å². The number of benzene rings is 2. The molecule has 5 nitrogen and oxygen atoms in total. The van der Waals surface area contributed by atoms with Crippen LogP contribution in [-0.2, 0) is 10.0 Å². The summed E-state index contributed by atoms with van der Waals surface area (Å²) in [5, 5.41) is 0. The van der Waals surface area contributed by atoms with E-state index in [2.05, 4.69) is 4.72 Å². The lowest BCUT2D eigenvalue weighted by molar-refractivity contribution is 0.103. The third-order valence-corrected chi connectivity index (χ3v) is 6.13. The van der Waals surface area contributed by atoms with Crippen LogP contribution in [-0.4, -0.2) is 26.3 Å². The Hall–Kier alpha value is -2.02. The highest BCUT2D eigenvalue weighted by molar-refractivity contribution is 7.89. The average molecular weight is 358 g/mol. The predicted octanol–water partition coefficient (Wildman–Crippen LogP) is 2.47. The van der Waals surface area contributed by atoms with Crippen LogP contribution in [0.4, 0.5) is 0 Å². The first-order valence-corrected chi connectivity index (χ1v) is 9.92. The molecular weight excluding hydrogens is 336 g/mol. The van der Waals surface area contributed by atoms with Gasteiger partial charge in [0.05, 0.1) is 4.90 Å². The van der Waals surface area contributed by atoms with E-state index >= 15 is 0 Å². The molecule has 0 spiro atoms. The van der Waals surface area contributed by atoms with Gasteiger partial charge in [0.15, 0.2) is 5.78 Å². The molecule has 0 atom stereocenters. The molecule has 132 valence electrons. The molecule has 0 aliphatic heterocycles.